The topological polar surface area (TPSA) is 66.6 Å². The van der Waals surface area contributed by atoms with Crippen LogP contribution in [0.1, 0.15) is 26.3 Å². The van der Waals surface area contributed by atoms with Gasteiger partial charge in [0, 0.05) is 36.0 Å². The largest absolute Gasteiger partial charge is 0.392 e. The Labute approximate surface area is 101 Å². The van der Waals surface area contributed by atoms with Gasteiger partial charge in [0.05, 0.1) is 11.5 Å². The number of aliphatic hydroxyl groups excluding tert-OH is 1. The summed E-state index contributed by atoms with van der Waals surface area (Å²) >= 11 is 0. The number of nitrogens with zero attached hydrogens (tertiary/aromatic N) is 2. The number of rotatable bonds is 5. The van der Waals surface area contributed by atoms with Gasteiger partial charge in [-0.25, -0.2) is 0 Å². The van der Waals surface area contributed by atoms with Crippen molar-refractivity contribution in [2.45, 2.75) is 33.4 Å². The minimum atomic E-state index is -0.450. The molecular weight excluding hydrogens is 220 g/mol. The van der Waals surface area contributed by atoms with Gasteiger partial charge >= 0.3 is 0 Å². The number of hydrogen-bond acceptors (Lipinski definition) is 4. The third-order valence-corrected chi connectivity index (χ3v) is 2.72. The molecule has 0 aromatic heterocycles. The van der Waals surface area contributed by atoms with Crippen LogP contribution in [0.3, 0.4) is 0 Å². The van der Waals surface area contributed by atoms with Gasteiger partial charge < -0.3 is 10.0 Å². The second-order valence-corrected chi connectivity index (χ2v) is 4.11. The van der Waals surface area contributed by atoms with Gasteiger partial charge in [0.25, 0.3) is 5.69 Å². The fraction of sp³-hybridized carbons (Fsp3) is 0.500. The molecule has 0 amide bonds. The van der Waals surface area contributed by atoms with Crippen LogP contribution in [0.4, 0.5) is 11.4 Å². The van der Waals surface area contributed by atoms with Crippen molar-refractivity contribution in [1.82, 2.24) is 0 Å². The van der Waals surface area contributed by atoms with Crippen LogP contribution in [-0.4, -0.2) is 22.6 Å². The summed E-state index contributed by atoms with van der Waals surface area (Å²) in [5.74, 6) is 0. The van der Waals surface area contributed by atoms with Crippen molar-refractivity contribution in [3.8, 4) is 0 Å². The first-order valence-corrected chi connectivity index (χ1v) is 5.66. The van der Waals surface area contributed by atoms with Gasteiger partial charge in [0.2, 0.25) is 0 Å². The van der Waals surface area contributed by atoms with Crippen LogP contribution in [0.5, 0.6) is 0 Å². The summed E-state index contributed by atoms with van der Waals surface area (Å²) in [7, 11) is 0. The van der Waals surface area contributed by atoms with Crippen molar-refractivity contribution in [3.63, 3.8) is 0 Å². The highest BCUT2D eigenvalue weighted by Gasteiger charge is 2.15. The predicted octanol–water partition coefficient (Wildman–Crippen LogP) is 2.32. The lowest BCUT2D eigenvalue weighted by molar-refractivity contribution is -0.384. The molecule has 0 aliphatic heterocycles. The van der Waals surface area contributed by atoms with Crippen molar-refractivity contribution in [1.29, 1.82) is 0 Å². The normalized spacial score (nSPS) is 10.6. The average molecular weight is 238 g/mol. The molecule has 1 rings (SSSR count). The molecule has 0 heterocycles. The Hall–Kier alpha value is -1.62. The molecule has 0 saturated heterocycles. The van der Waals surface area contributed by atoms with Gasteiger partial charge in [-0.3, -0.25) is 10.1 Å². The van der Waals surface area contributed by atoms with Crippen LogP contribution in [-0.2, 0) is 6.61 Å². The lowest BCUT2D eigenvalue weighted by atomic mass is 10.1. The molecule has 0 radical (unpaired) electrons. The van der Waals surface area contributed by atoms with Crippen molar-refractivity contribution >= 4 is 11.4 Å². The van der Waals surface area contributed by atoms with Crippen LogP contribution in [0, 0.1) is 10.1 Å². The fourth-order valence-electron chi connectivity index (χ4n) is 1.91. The zero-order chi connectivity index (χ0) is 13.0. The molecule has 0 unspecified atom stereocenters. The maximum atomic E-state index is 10.7. The number of nitro groups is 1. The zero-order valence-electron chi connectivity index (χ0n) is 10.4. The second-order valence-electron chi connectivity index (χ2n) is 4.11. The number of benzene rings is 1. The summed E-state index contributed by atoms with van der Waals surface area (Å²) in [6.45, 7) is 6.71. The van der Waals surface area contributed by atoms with E-state index >= 15 is 0 Å². The highest BCUT2D eigenvalue weighted by molar-refractivity contribution is 5.58. The SMILES string of the molecule is CCN(c1ccc([N+](=O)[O-])cc1CO)C(C)C. The molecule has 0 atom stereocenters. The molecule has 1 N–H and O–H groups in total. The van der Waals surface area contributed by atoms with E-state index in [2.05, 4.69) is 4.90 Å². The number of hydrogen-bond donors (Lipinski definition) is 1. The number of nitro benzene ring substituents is 1. The molecule has 0 bridgehead atoms. The summed E-state index contributed by atoms with van der Waals surface area (Å²) in [6.07, 6.45) is 0. The monoisotopic (exact) mass is 238 g/mol. The lowest BCUT2D eigenvalue weighted by Crippen LogP contribution is -2.31. The number of aliphatic hydroxyl groups is 1. The van der Waals surface area contributed by atoms with Gasteiger partial charge in [0.15, 0.2) is 0 Å². The third-order valence-electron chi connectivity index (χ3n) is 2.72. The van der Waals surface area contributed by atoms with Crippen molar-refractivity contribution < 1.29 is 10.0 Å². The Balaban J connectivity index is 3.20. The van der Waals surface area contributed by atoms with E-state index in [4.69, 9.17) is 0 Å². The molecular formula is C12H18N2O3. The van der Waals surface area contributed by atoms with E-state index in [0.717, 1.165) is 12.2 Å². The molecule has 0 spiro atoms. The summed E-state index contributed by atoms with van der Waals surface area (Å²) < 4.78 is 0. The minimum Gasteiger partial charge on any atom is -0.392 e. The van der Waals surface area contributed by atoms with Gasteiger partial charge in [-0.05, 0) is 26.8 Å². The highest BCUT2D eigenvalue weighted by atomic mass is 16.6. The van der Waals surface area contributed by atoms with Crippen LogP contribution in [0.25, 0.3) is 0 Å². The Bertz CT molecular complexity index is 405. The molecule has 1 aromatic carbocycles. The van der Waals surface area contributed by atoms with E-state index in [0.29, 0.717) is 5.56 Å². The first-order valence-electron chi connectivity index (χ1n) is 5.66. The molecule has 17 heavy (non-hydrogen) atoms. The van der Waals surface area contributed by atoms with Crippen LogP contribution in [0.15, 0.2) is 18.2 Å². The maximum Gasteiger partial charge on any atom is 0.269 e. The van der Waals surface area contributed by atoms with Crippen molar-refractivity contribution in [3.05, 3.63) is 33.9 Å². The zero-order valence-corrected chi connectivity index (χ0v) is 10.4. The van der Waals surface area contributed by atoms with Gasteiger partial charge in [-0.15, -0.1) is 0 Å². The predicted molar refractivity (Wildman–Crippen MR) is 67.2 cm³/mol. The summed E-state index contributed by atoms with van der Waals surface area (Å²) in [5, 5.41) is 20.0. The minimum absolute atomic E-state index is 0.0117. The summed E-state index contributed by atoms with van der Waals surface area (Å²) in [6, 6.07) is 4.89. The highest BCUT2D eigenvalue weighted by Crippen LogP contribution is 2.26. The van der Waals surface area contributed by atoms with Gasteiger partial charge in [-0.1, -0.05) is 0 Å². The molecule has 5 heteroatoms. The molecule has 0 aliphatic rings. The van der Waals surface area contributed by atoms with E-state index in [1.807, 2.05) is 20.8 Å². The Kier molecular flexibility index (Phi) is 4.45. The summed E-state index contributed by atoms with van der Waals surface area (Å²) in [5.41, 5.74) is 1.46. The van der Waals surface area contributed by atoms with Crippen molar-refractivity contribution in [2.75, 3.05) is 11.4 Å². The van der Waals surface area contributed by atoms with E-state index in [1.165, 1.54) is 12.1 Å². The Morgan fingerprint density at radius 1 is 1.47 bits per heavy atom. The molecule has 94 valence electrons. The second kappa shape index (κ2) is 5.63. The van der Waals surface area contributed by atoms with Crippen molar-refractivity contribution in [2.24, 2.45) is 0 Å². The molecule has 5 nitrogen and oxygen atoms in total. The van der Waals surface area contributed by atoms with E-state index in [-0.39, 0.29) is 18.3 Å². The van der Waals surface area contributed by atoms with E-state index in [9.17, 15) is 15.2 Å². The fourth-order valence-corrected chi connectivity index (χ4v) is 1.91. The quantitative estimate of drug-likeness (QED) is 0.631. The lowest BCUT2D eigenvalue weighted by Gasteiger charge is -2.29. The third kappa shape index (κ3) is 2.94. The Morgan fingerprint density at radius 3 is 2.53 bits per heavy atom. The summed E-state index contributed by atoms with van der Waals surface area (Å²) in [4.78, 5) is 12.3. The standard InChI is InChI=1S/C12H18N2O3/c1-4-13(9(2)3)12-6-5-11(14(16)17)7-10(12)8-15/h5-7,9,15H,4,8H2,1-3H3. The molecule has 1 aromatic rings. The molecule has 0 saturated carbocycles. The molecule has 0 aliphatic carbocycles. The van der Waals surface area contributed by atoms with Gasteiger partial charge in [0.1, 0.15) is 0 Å². The number of anilines is 1. The maximum absolute atomic E-state index is 10.7. The van der Waals surface area contributed by atoms with Gasteiger partial charge in [-0.2, -0.15) is 0 Å². The van der Waals surface area contributed by atoms with E-state index in [1.54, 1.807) is 6.07 Å². The number of non-ortho nitro benzene ring substituents is 1. The Morgan fingerprint density at radius 2 is 2.12 bits per heavy atom. The molecule has 0 fully saturated rings. The van der Waals surface area contributed by atoms with Crippen LogP contribution in [0.2, 0.25) is 0 Å². The van der Waals surface area contributed by atoms with Crippen LogP contribution < -0.4 is 4.90 Å². The smallest absolute Gasteiger partial charge is 0.269 e. The first-order chi connectivity index (χ1) is 8.01. The van der Waals surface area contributed by atoms with Crippen LogP contribution >= 0.6 is 0 Å². The van der Waals surface area contributed by atoms with E-state index < -0.39 is 4.92 Å². The average Bonchev–Trinajstić information content (AvgIpc) is 2.29. The first kappa shape index (κ1) is 13.4.